The van der Waals surface area contributed by atoms with Crippen LogP contribution in [0.15, 0.2) is 42.6 Å². The molecule has 5 nitrogen and oxygen atoms in total. The second-order valence-electron chi connectivity index (χ2n) is 5.83. The lowest BCUT2D eigenvalue weighted by Crippen LogP contribution is -2.31. The van der Waals surface area contributed by atoms with Crippen LogP contribution >= 0.6 is 0 Å². The van der Waals surface area contributed by atoms with Gasteiger partial charge in [0.05, 0.1) is 43.2 Å². The molecular formula is C19H19N3O2. The minimum atomic E-state index is 0.00524. The van der Waals surface area contributed by atoms with E-state index >= 15 is 0 Å². The van der Waals surface area contributed by atoms with Crippen molar-refractivity contribution in [3.8, 4) is 11.5 Å². The first-order valence-electron chi connectivity index (χ1n) is 8.00. The first-order chi connectivity index (χ1) is 11.8. The molecule has 2 aromatic carbocycles. The zero-order valence-corrected chi connectivity index (χ0v) is 13.7. The number of benzene rings is 2. The Morgan fingerprint density at radius 2 is 1.79 bits per heavy atom. The van der Waals surface area contributed by atoms with Crippen LogP contribution in [0.1, 0.15) is 22.9 Å². The highest BCUT2D eigenvalue weighted by Gasteiger charge is 2.25. The van der Waals surface area contributed by atoms with Crippen molar-refractivity contribution < 1.29 is 9.47 Å². The van der Waals surface area contributed by atoms with Gasteiger partial charge in [-0.3, -0.25) is 4.98 Å². The van der Waals surface area contributed by atoms with Crippen LogP contribution in [-0.2, 0) is 6.42 Å². The SMILES string of the molecule is COc1cc2c(cc1OC)C(c1cnc3ccccc3n1)NCC2. The molecule has 0 amide bonds. The number of nitrogens with zero attached hydrogens (tertiary/aromatic N) is 2. The fraction of sp³-hybridized carbons (Fsp3) is 0.263. The van der Waals surface area contributed by atoms with Crippen LogP contribution in [0.2, 0.25) is 0 Å². The fourth-order valence-electron chi connectivity index (χ4n) is 3.26. The van der Waals surface area contributed by atoms with Crippen LogP contribution in [-0.4, -0.2) is 30.7 Å². The van der Waals surface area contributed by atoms with Gasteiger partial charge in [-0.2, -0.15) is 0 Å². The van der Waals surface area contributed by atoms with Crippen LogP contribution in [0, 0.1) is 0 Å². The lowest BCUT2D eigenvalue weighted by Gasteiger charge is -2.27. The highest BCUT2D eigenvalue weighted by molar-refractivity contribution is 5.73. The number of nitrogens with one attached hydrogen (secondary N) is 1. The maximum atomic E-state index is 5.47. The van der Waals surface area contributed by atoms with E-state index in [1.165, 1.54) is 11.1 Å². The standard InChI is InChI=1S/C19H19N3O2/c1-23-17-9-12-7-8-20-19(13(12)10-18(17)24-2)16-11-21-14-5-3-4-6-15(14)22-16/h3-6,9-11,19-20H,7-8H2,1-2H3. The molecule has 122 valence electrons. The summed E-state index contributed by atoms with van der Waals surface area (Å²) in [6.07, 6.45) is 2.80. The normalized spacial score (nSPS) is 16.7. The largest absolute Gasteiger partial charge is 0.493 e. The maximum absolute atomic E-state index is 5.47. The minimum Gasteiger partial charge on any atom is -0.493 e. The lowest BCUT2D eigenvalue weighted by molar-refractivity contribution is 0.352. The van der Waals surface area contributed by atoms with E-state index in [4.69, 9.17) is 14.5 Å². The van der Waals surface area contributed by atoms with Gasteiger partial charge >= 0.3 is 0 Å². The lowest BCUT2D eigenvalue weighted by atomic mass is 9.92. The van der Waals surface area contributed by atoms with Gasteiger partial charge in [0.25, 0.3) is 0 Å². The van der Waals surface area contributed by atoms with E-state index in [0.717, 1.165) is 41.2 Å². The minimum absolute atomic E-state index is 0.00524. The molecule has 5 heteroatoms. The maximum Gasteiger partial charge on any atom is 0.161 e. The third-order valence-corrected chi connectivity index (χ3v) is 4.46. The molecule has 0 spiro atoms. The van der Waals surface area contributed by atoms with Crippen molar-refractivity contribution in [1.82, 2.24) is 15.3 Å². The molecule has 4 rings (SSSR count). The van der Waals surface area contributed by atoms with Gasteiger partial charge < -0.3 is 14.8 Å². The number of ether oxygens (including phenoxy) is 2. The molecule has 2 heterocycles. The Labute approximate surface area is 140 Å². The van der Waals surface area contributed by atoms with Crippen molar-refractivity contribution in [3.63, 3.8) is 0 Å². The summed E-state index contributed by atoms with van der Waals surface area (Å²) < 4.78 is 10.9. The van der Waals surface area contributed by atoms with Gasteiger partial charge in [0.2, 0.25) is 0 Å². The van der Waals surface area contributed by atoms with E-state index in [1.807, 2.05) is 36.5 Å². The number of hydrogen-bond acceptors (Lipinski definition) is 5. The molecule has 24 heavy (non-hydrogen) atoms. The Morgan fingerprint density at radius 1 is 1.04 bits per heavy atom. The molecule has 0 bridgehead atoms. The van der Waals surface area contributed by atoms with Crippen molar-refractivity contribution in [2.24, 2.45) is 0 Å². The van der Waals surface area contributed by atoms with Gasteiger partial charge in [0.15, 0.2) is 11.5 Å². The highest BCUT2D eigenvalue weighted by atomic mass is 16.5. The van der Waals surface area contributed by atoms with E-state index in [9.17, 15) is 0 Å². The predicted octanol–water partition coefficient (Wildman–Crippen LogP) is 2.88. The zero-order chi connectivity index (χ0) is 16.5. The van der Waals surface area contributed by atoms with Crippen LogP contribution in [0.25, 0.3) is 11.0 Å². The number of hydrogen-bond donors (Lipinski definition) is 1. The molecule has 1 N–H and O–H groups in total. The van der Waals surface area contributed by atoms with Crippen molar-refractivity contribution in [3.05, 3.63) is 59.4 Å². The van der Waals surface area contributed by atoms with Gasteiger partial charge in [-0.1, -0.05) is 12.1 Å². The monoisotopic (exact) mass is 321 g/mol. The molecule has 1 atom stereocenters. The molecule has 1 aliphatic rings. The molecule has 0 fully saturated rings. The van der Waals surface area contributed by atoms with Crippen LogP contribution in [0.5, 0.6) is 11.5 Å². The summed E-state index contributed by atoms with van der Waals surface area (Å²) in [4.78, 5) is 9.35. The molecule has 1 unspecified atom stereocenters. The van der Waals surface area contributed by atoms with Crippen LogP contribution < -0.4 is 14.8 Å². The second-order valence-corrected chi connectivity index (χ2v) is 5.83. The smallest absolute Gasteiger partial charge is 0.161 e. The van der Waals surface area contributed by atoms with E-state index in [0.29, 0.717) is 0 Å². The Hall–Kier alpha value is -2.66. The Morgan fingerprint density at radius 3 is 2.58 bits per heavy atom. The van der Waals surface area contributed by atoms with E-state index in [2.05, 4.69) is 16.4 Å². The average molecular weight is 321 g/mol. The molecule has 1 aromatic heterocycles. The summed E-state index contributed by atoms with van der Waals surface area (Å²) in [5.74, 6) is 1.50. The first-order valence-corrected chi connectivity index (χ1v) is 8.00. The fourth-order valence-corrected chi connectivity index (χ4v) is 3.26. The third-order valence-electron chi connectivity index (χ3n) is 4.46. The molecule has 3 aromatic rings. The van der Waals surface area contributed by atoms with E-state index < -0.39 is 0 Å². The van der Waals surface area contributed by atoms with Gasteiger partial charge in [0.1, 0.15) is 0 Å². The second kappa shape index (κ2) is 6.09. The Bertz CT molecular complexity index is 895. The molecular weight excluding hydrogens is 302 g/mol. The summed E-state index contributed by atoms with van der Waals surface area (Å²) in [5, 5.41) is 3.55. The van der Waals surface area contributed by atoms with Crippen LogP contribution in [0.3, 0.4) is 0 Å². The average Bonchev–Trinajstić information content (AvgIpc) is 2.65. The van der Waals surface area contributed by atoms with Crippen molar-refractivity contribution in [2.75, 3.05) is 20.8 Å². The van der Waals surface area contributed by atoms with Crippen molar-refractivity contribution in [2.45, 2.75) is 12.5 Å². The number of methoxy groups -OCH3 is 2. The first kappa shape index (κ1) is 14.9. The molecule has 0 radical (unpaired) electrons. The topological polar surface area (TPSA) is 56.3 Å². The van der Waals surface area contributed by atoms with Gasteiger partial charge in [0, 0.05) is 6.54 Å². The summed E-state index contributed by atoms with van der Waals surface area (Å²) in [7, 11) is 3.32. The third kappa shape index (κ3) is 2.47. The number of rotatable bonds is 3. The van der Waals surface area contributed by atoms with Gasteiger partial charge in [-0.05, 0) is 41.8 Å². The Kier molecular flexibility index (Phi) is 3.78. The number of fused-ring (bicyclic) bond motifs is 2. The molecule has 1 aliphatic heterocycles. The van der Waals surface area contributed by atoms with Gasteiger partial charge in [-0.15, -0.1) is 0 Å². The van der Waals surface area contributed by atoms with Crippen LogP contribution in [0.4, 0.5) is 0 Å². The zero-order valence-electron chi connectivity index (χ0n) is 13.7. The summed E-state index contributed by atoms with van der Waals surface area (Å²) in [6.45, 7) is 0.891. The van der Waals surface area contributed by atoms with Gasteiger partial charge in [-0.25, -0.2) is 4.98 Å². The Balaban J connectivity index is 1.82. The molecule has 0 saturated heterocycles. The predicted molar refractivity (Wildman–Crippen MR) is 92.6 cm³/mol. The summed E-state index contributed by atoms with van der Waals surface area (Å²) >= 11 is 0. The molecule has 0 saturated carbocycles. The van der Waals surface area contributed by atoms with E-state index in [-0.39, 0.29) is 6.04 Å². The number of aromatic nitrogens is 2. The highest BCUT2D eigenvalue weighted by Crippen LogP contribution is 2.37. The number of para-hydroxylation sites is 2. The summed E-state index contributed by atoms with van der Waals surface area (Å²) in [5.41, 5.74) is 5.16. The quantitative estimate of drug-likeness (QED) is 0.804. The molecule has 0 aliphatic carbocycles. The van der Waals surface area contributed by atoms with Crippen molar-refractivity contribution >= 4 is 11.0 Å². The van der Waals surface area contributed by atoms with E-state index in [1.54, 1.807) is 14.2 Å². The van der Waals surface area contributed by atoms with Crippen molar-refractivity contribution in [1.29, 1.82) is 0 Å². The summed E-state index contributed by atoms with van der Waals surface area (Å²) in [6, 6.07) is 12.0.